The molecule has 3 N–H and O–H groups in total. The van der Waals surface area contributed by atoms with Crippen molar-refractivity contribution in [1.29, 1.82) is 0 Å². The van der Waals surface area contributed by atoms with E-state index in [1.807, 2.05) is 31.7 Å². The van der Waals surface area contributed by atoms with Crippen molar-refractivity contribution in [2.24, 2.45) is 5.92 Å². The van der Waals surface area contributed by atoms with Crippen LogP contribution in [-0.4, -0.2) is 60.7 Å². The largest absolute Gasteiger partial charge is 0.364 e. The summed E-state index contributed by atoms with van der Waals surface area (Å²) >= 11 is 0. The molecule has 0 unspecified atom stereocenters. The summed E-state index contributed by atoms with van der Waals surface area (Å²) < 4.78 is 20.5. The van der Waals surface area contributed by atoms with Gasteiger partial charge in [0, 0.05) is 48.3 Å². The lowest BCUT2D eigenvalue weighted by atomic mass is 9.97. The molecule has 1 aliphatic heterocycles. The van der Waals surface area contributed by atoms with Crippen molar-refractivity contribution in [3.8, 4) is 11.1 Å². The second kappa shape index (κ2) is 10.8. The van der Waals surface area contributed by atoms with Gasteiger partial charge in [-0.2, -0.15) is 10.1 Å². The Balaban J connectivity index is 1.18. The van der Waals surface area contributed by atoms with Crippen LogP contribution in [0, 0.1) is 11.7 Å². The molecule has 1 saturated heterocycles. The van der Waals surface area contributed by atoms with Crippen molar-refractivity contribution in [2.75, 3.05) is 11.9 Å². The number of likely N-dealkylation sites (tertiary alicyclic amines) is 1. The van der Waals surface area contributed by atoms with Gasteiger partial charge in [0.1, 0.15) is 5.82 Å². The first-order valence-electron chi connectivity index (χ1n) is 14.4. The van der Waals surface area contributed by atoms with Crippen LogP contribution in [-0.2, 0) is 16.8 Å². The van der Waals surface area contributed by atoms with E-state index in [1.54, 1.807) is 18.3 Å². The second-order valence-corrected chi connectivity index (χ2v) is 12.3. The smallest absolute Gasteiger partial charge is 0.292 e. The number of halogens is 1. The zero-order chi connectivity index (χ0) is 29.6. The second-order valence-electron chi connectivity index (χ2n) is 12.3. The van der Waals surface area contributed by atoms with Gasteiger partial charge < -0.3 is 20.1 Å². The Morgan fingerprint density at radius 1 is 1.17 bits per heavy atom. The van der Waals surface area contributed by atoms with E-state index in [0.717, 1.165) is 36.6 Å². The van der Waals surface area contributed by atoms with Crippen LogP contribution in [0.5, 0.6) is 0 Å². The highest BCUT2D eigenvalue weighted by molar-refractivity contribution is 6.00. The first-order chi connectivity index (χ1) is 20.1. The molecule has 4 aromatic rings. The quantitative estimate of drug-likeness (QED) is 0.291. The number of hydrogen-bond donors (Lipinski definition) is 3. The van der Waals surface area contributed by atoms with Crippen LogP contribution in [0.1, 0.15) is 75.5 Å². The van der Waals surface area contributed by atoms with Crippen LogP contribution in [0.25, 0.3) is 22.2 Å². The van der Waals surface area contributed by atoms with Gasteiger partial charge in [-0.3, -0.25) is 14.7 Å². The molecule has 2 aliphatic rings. The first kappa shape index (κ1) is 27.8. The minimum atomic E-state index is -0.544. The summed E-state index contributed by atoms with van der Waals surface area (Å²) in [6.07, 6.45) is 5.45. The first-order valence-corrected chi connectivity index (χ1v) is 14.4. The van der Waals surface area contributed by atoms with Gasteiger partial charge in [-0.05, 0) is 55.9 Å². The third kappa shape index (κ3) is 5.57. The number of carbonyl (C=O) groups is 2. The van der Waals surface area contributed by atoms with Crippen LogP contribution >= 0.6 is 0 Å². The lowest BCUT2D eigenvalue weighted by Crippen LogP contribution is -2.50. The van der Waals surface area contributed by atoms with E-state index in [9.17, 15) is 9.59 Å². The number of nitrogens with zero attached hydrogens (tertiary/aromatic N) is 5. The van der Waals surface area contributed by atoms with Gasteiger partial charge in [0.05, 0.1) is 5.39 Å². The van der Waals surface area contributed by atoms with E-state index in [0.29, 0.717) is 35.0 Å². The van der Waals surface area contributed by atoms with E-state index < -0.39 is 11.7 Å². The molecule has 1 aliphatic carbocycles. The molecule has 11 nitrogen and oxygen atoms in total. The fourth-order valence-electron chi connectivity index (χ4n) is 5.32. The summed E-state index contributed by atoms with van der Waals surface area (Å²) in [5.74, 6) is 0.303. The van der Waals surface area contributed by atoms with Crippen LogP contribution in [0.2, 0.25) is 0 Å². The summed E-state index contributed by atoms with van der Waals surface area (Å²) in [4.78, 5) is 35.9. The van der Waals surface area contributed by atoms with E-state index in [1.165, 1.54) is 6.07 Å². The summed E-state index contributed by atoms with van der Waals surface area (Å²) in [6, 6.07) is 6.99. The number of nitrogens with one attached hydrogen (secondary N) is 3. The third-order valence-corrected chi connectivity index (χ3v) is 7.97. The molecular formula is C30H35FN8O3. The molecule has 1 aromatic carbocycles. The van der Waals surface area contributed by atoms with Gasteiger partial charge in [0.15, 0.2) is 11.5 Å². The Kier molecular flexibility index (Phi) is 7.15. The summed E-state index contributed by atoms with van der Waals surface area (Å²) in [6.45, 7) is 8.41. The molecule has 2 amide bonds. The van der Waals surface area contributed by atoms with Gasteiger partial charge in [0.2, 0.25) is 11.8 Å². The number of piperidine rings is 1. The van der Waals surface area contributed by atoms with Crippen LogP contribution in [0.4, 0.5) is 10.2 Å². The molecule has 3 aromatic heterocycles. The molecule has 220 valence electrons. The number of carbonyl (C=O) groups excluding carboxylic acids is 2. The van der Waals surface area contributed by atoms with Crippen molar-refractivity contribution in [3.63, 3.8) is 0 Å². The monoisotopic (exact) mass is 574 g/mol. The number of anilines is 1. The van der Waals surface area contributed by atoms with Crippen LogP contribution in [0.3, 0.4) is 0 Å². The maximum atomic E-state index is 15.3. The standard InChI is InChI=1S/C30H35FN8O3/c1-16-5-10-20(15-39(16)28(41)17-6-7-17)34-25-23-21(11-12-32-24(23)36-37-25)18-8-9-19(22(31)13-18)14-33-27(40)26-35-29(42-38-26)30(2,3)4/h8-9,11-13,16-17,20H,5-7,10,14-15H2,1-4H3,(H,33,40)(H2,32,34,36,37)/t16-,20+/m0/s1. The van der Waals surface area contributed by atoms with E-state index in [2.05, 4.69) is 42.9 Å². The zero-order valence-electron chi connectivity index (χ0n) is 24.2. The van der Waals surface area contributed by atoms with Gasteiger partial charge >= 0.3 is 0 Å². The lowest BCUT2D eigenvalue weighted by molar-refractivity contribution is -0.136. The number of fused-ring (bicyclic) bond motifs is 1. The Bertz CT molecular complexity index is 1640. The Morgan fingerprint density at radius 2 is 1.98 bits per heavy atom. The Labute approximate surface area is 242 Å². The summed E-state index contributed by atoms with van der Waals surface area (Å²) in [7, 11) is 0. The number of aromatic nitrogens is 5. The van der Waals surface area contributed by atoms with Crippen molar-refractivity contribution in [2.45, 2.75) is 77.4 Å². The van der Waals surface area contributed by atoms with E-state index in [4.69, 9.17) is 4.52 Å². The predicted molar refractivity (Wildman–Crippen MR) is 154 cm³/mol. The molecule has 1 saturated carbocycles. The van der Waals surface area contributed by atoms with Gasteiger partial charge in [-0.25, -0.2) is 9.37 Å². The summed E-state index contributed by atoms with van der Waals surface area (Å²) in [5, 5.41) is 18.1. The van der Waals surface area contributed by atoms with Gasteiger partial charge in [0.25, 0.3) is 11.7 Å². The number of aromatic amines is 1. The predicted octanol–water partition coefficient (Wildman–Crippen LogP) is 4.58. The number of benzene rings is 1. The van der Waals surface area contributed by atoms with E-state index in [-0.39, 0.29) is 41.7 Å². The third-order valence-electron chi connectivity index (χ3n) is 7.97. The lowest BCUT2D eigenvalue weighted by Gasteiger charge is -2.38. The molecule has 0 spiro atoms. The maximum absolute atomic E-state index is 15.3. The Hall–Kier alpha value is -4.35. The van der Waals surface area contributed by atoms with Crippen molar-refractivity contribution in [3.05, 3.63) is 53.6 Å². The SMILES string of the molecule is C[C@H]1CC[C@@H](Nc2n[nH]c3nccc(-c4ccc(CNC(=O)c5noc(C(C)(C)C)n5)c(F)c4)c23)CN1C(=O)C1CC1. The number of rotatable bonds is 7. The maximum Gasteiger partial charge on any atom is 0.292 e. The fourth-order valence-corrected chi connectivity index (χ4v) is 5.32. The molecule has 2 atom stereocenters. The van der Waals surface area contributed by atoms with Crippen LogP contribution < -0.4 is 10.6 Å². The number of amides is 2. The number of hydrogen-bond acceptors (Lipinski definition) is 8. The number of pyridine rings is 1. The van der Waals surface area contributed by atoms with E-state index >= 15 is 4.39 Å². The average Bonchev–Trinajstić information content (AvgIpc) is 3.53. The molecule has 2 fully saturated rings. The molecular weight excluding hydrogens is 539 g/mol. The molecule has 42 heavy (non-hydrogen) atoms. The normalized spacial score (nSPS) is 19.2. The molecule has 4 heterocycles. The fraction of sp³-hybridized carbons (Fsp3) is 0.467. The minimum absolute atomic E-state index is 0.0369. The van der Waals surface area contributed by atoms with Gasteiger partial charge in [-0.15, -0.1) is 0 Å². The van der Waals surface area contributed by atoms with Gasteiger partial charge in [-0.1, -0.05) is 38.1 Å². The molecule has 0 radical (unpaired) electrons. The highest BCUT2D eigenvalue weighted by Gasteiger charge is 2.38. The highest BCUT2D eigenvalue weighted by Crippen LogP contribution is 2.35. The zero-order valence-corrected chi connectivity index (χ0v) is 24.2. The minimum Gasteiger partial charge on any atom is -0.364 e. The molecule has 12 heteroatoms. The van der Waals surface area contributed by atoms with Crippen molar-refractivity contribution >= 4 is 28.7 Å². The van der Waals surface area contributed by atoms with Crippen LogP contribution in [0.15, 0.2) is 35.0 Å². The summed E-state index contributed by atoms with van der Waals surface area (Å²) in [5.41, 5.74) is 1.93. The number of H-pyrrole nitrogens is 1. The van der Waals surface area contributed by atoms with Crippen molar-refractivity contribution < 1.29 is 18.5 Å². The van der Waals surface area contributed by atoms with Crippen molar-refractivity contribution in [1.82, 2.24) is 35.5 Å². The average molecular weight is 575 g/mol. The highest BCUT2D eigenvalue weighted by atomic mass is 19.1. The molecule has 6 rings (SSSR count). The Morgan fingerprint density at radius 3 is 2.69 bits per heavy atom. The molecule has 0 bridgehead atoms. The topological polar surface area (TPSA) is 142 Å².